The molecule has 0 atom stereocenters. The maximum absolute atomic E-state index is 12.8. The van der Waals surface area contributed by atoms with E-state index < -0.39 is 17.3 Å². The Balaban J connectivity index is 3.23. The second-order valence-electron chi connectivity index (χ2n) is 2.87. The third kappa shape index (κ3) is 1.78. The fourth-order valence-corrected chi connectivity index (χ4v) is 0.976. The van der Waals surface area contributed by atoms with Crippen molar-refractivity contribution in [1.29, 1.82) is 0 Å². The van der Waals surface area contributed by atoms with E-state index in [1.165, 1.54) is 6.07 Å². The van der Waals surface area contributed by atoms with Crippen LogP contribution in [-0.4, -0.2) is 0 Å². The molecule has 0 radical (unpaired) electrons. The van der Waals surface area contributed by atoms with E-state index in [-0.39, 0.29) is 0 Å². The lowest BCUT2D eigenvalue weighted by molar-refractivity contribution is 0.0137. The van der Waals surface area contributed by atoms with Gasteiger partial charge in [0.25, 0.3) is 5.92 Å². The summed E-state index contributed by atoms with van der Waals surface area (Å²) in [6.45, 7) is 2.33. The van der Waals surface area contributed by atoms with Crippen LogP contribution in [0, 0.1) is 12.7 Å². The van der Waals surface area contributed by atoms with Crippen molar-refractivity contribution >= 4 is 0 Å². The summed E-state index contributed by atoms with van der Waals surface area (Å²) in [6.07, 6.45) is 0. The highest BCUT2D eigenvalue weighted by Gasteiger charge is 2.27. The highest BCUT2D eigenvalue weighted by Crippen LogP contribution is 2.29. The Kier molecular flexibility index (Phi) is 2.13. The Morgan fingerprint density at radius 2 is 1.83 bits per heavy atom. The van der Waals surface area contributed by atoms with E-state index in [1.54, 1.807) is 6.92 Å². The van der Waals surface area contributed by atoms with Crippen molar-refractivity contribution in [2.24, 2.45) is 0 Å². The van der Waals surface area contributed by atoms with Gasteiger partial charge in [-0.05, 0) is 19.1 Å². The van der Waals surface area contributed by atoms with E-state index in [2.05, 4.69) is 0 Å². The molecule has 1 aromatic carbocycles. The van der Waals surface area contributed by atoms with E-state index in [0.717, 1.165) is 12.1 Å². The fourth-order valence-electron chi connectivity index (χ4n) is 0.976. The van der Waals surface area contributed by atoms with E-state index in [4.69, 9.17) is 0 Å². The topological polar surface area (TPSA) is 0 Å². The third-order valence-corrected chi connectivity index (χ3v) is 1.59. The van der Waals surface area contributed by atoms with Gasteiger partial charge in [0.2, 0.25) is 0 Å². The highest BCUT2D eigenvalue weighted by atomic mass is 19.3. The van der Waals surface area contributed by atoms with Crippen LogP contribution in [0.3, 0.4) is 0 Å². The zero-order chi connectivity index (χ0) is 9.35. The van der Waals surface area contributed by atoms with Crippen molar-refractivity contribution in [2.45, 2.75) is 19.8 Å². The summed E-state index contributed by atoms with van der Waals surface area (Å²) in [5, 5.41) is 0. The van der Waals surface area contributed by atoms with Crippen molar-refractivity contribution in [3.63, 3.8) is 0 Å². The molecule has 0 amide bonds. The first kappa shape index (κ1) is 9.10. The molecule has 12 heavy (non-hydrogen) atoms. The average Bonchev–Trinajstić information content (AvgIpc) is 1.92. The molecule has 0 aliphatic heterocycles. The minimum atomic E-state index is -3.10. The smallest absolute Gasteiger partial charge is 0.206 e. The Hall–Kier alpha value is -0.990. The SMILES string of the molecule is Cc1ccc(F)c(C(C)(F)F)c1. The van der Waals surface area contributed by atoms with E-state index >= 15 is 0 Å². The van der Waals surface area contributed by atoms with Crippen LogP contribution >= 0.6 is 0 Å². The molecule has 1 rings (SSSR count). The summed E-state index contributed by atoms with van der Waals surface area (Å²) < 4.78 is 38.1. The molecule has 1 aromatic rings. The molecule has 0 bridgehead atoms. The molecule has 3 heteroatoms. The first-order chi connectivity index (χ1) is 5.41. The molecule has 0 heterocycles. The molecule has 0 fully saturated rings. The molecule has 0 unspecified atom stereocenters. The Morgan fingerprint density at radius 3 is 2.25 bits per heavy atom. The fraction of sp³-hybridized carbons (Fsp3) is 0.333. The summed E-state index contributed by atoms with van der Waals surface area (Å²) in [6, 6.07) is 3.68. The zero-order valence-corrected chi connectivity index (χ0v) is 6.87. The van der Waals surface area contributed by atoms with Crippen LogP contribution in [0.2, 0.25) is 0 Å². The molecule has 0 aromatic heterocycles. The summed E-state index contributed by atoms with van der Waals surface area (Å²) in [7, 11) is 0. The molecule has 0 spiro atoms. The quantitative estimate of drug-likeness (QED) is 0.613. The van der Waals surface area contributed by atoms with Crippen LogP contribution in [0.1, 0.15) is 18.1 Å². The number of benzene rings is 1. The van der Waals surface area contributed by atoms with Crippen LogP contribution in [0.4, 0.5) is 13.2 Å². The lowest BCUT2D eigenvalue weighted by Gasteiger charge is -2.11. The largest absolute Gasteiger partial charge is 0.273 e. The molecule has 0 aliphatic rings. The number of alkyl halides is 2. The van der Waals surface area contributed by atoms with Crippen LogP contribution in [-0.2, 0) is 5.92 Å². The predicted molar refractivity (Wildman–Crippen MR) is 40.7 cm³/mol. The van der Waals surface area contributed by atoms with Crippen molar-refractivity contribution in [3.05, 3.63) is 35.1 Å². The lowest BCUT2D eigenvalue weighted by atomic mass is 10.1. The Labute approximate surface area is 69.0 Å². The van der Waals surface area contributed by atoms with E-state index in [0.29, 0.717) is 12.5 Å². The van der Waals surface area contributed by atoms with Crippen molar-refractivity contribution in [2.75, 3.05) is 0 Å². The standard InChI is InChI=1S/C9H9F3/c1-6-3-4-8(10)7(5-6)9(2,11)12/h3-5H,1-2H3. The van der Waals surface area contributed by atoms with Gasteiger partial charge in [0.15, 0.2) is 0 Å². The van der Waals surface area contributed by atoms with Gasteiger partial charge in [-0.15, -0.1) is 0 Å². The Bertz CT molecular complexity index is 286. The van der Waals surface area contributed by atoms with Gasteiger partial charge in [0.1, 0.15) is 5.82 Å². The summed E-state index contributed by atoms with van der Waals surface area (Å²) in [4.78, 5) is 0. The molecule has 0 aliphatic carbocycles. The zero-order valence-electron chi connectivity index (χ0n) is 6.87. The van der Waals surface area contributed by atoms with Gasteiger partial charge >= 0.3 is 0 Å². The minimum Gasteiger partial charge on any atom is -0.206 e. The first-order valence-electron chi connectivity index (χ1n) is 3.55. The summed E-state index contributed by atoms with van der Waals surface area (Å²) >= 11 is 0. The van der Waals surface area contributed by atoms with Gasteiger partial charge in [-0.1, -0.05) is 11.6 Å². The van der Waals surface area contributed by atoms with Crippen LogP contribution in [0.5, 0.6) is 0 Å². The number of rotatable bonds is 1. The van der Waals surface area contributed by atoms with Crippen LogP contribution in [0.15, 0.2) is 18.2 Å². The first-order valence-corrected chi connectivity index (χ1v) is 3.55. The maximum Gasteiger partial charge on any atom is 0.273 e. The number of hydrogen-bond acceptors (Lipinski definition) is 0. The number of aryl methyl sites for hydroxylation is 1. The summed E-state index contributed by atoms with van der Waals surface area (Å²) in [5.41, 5.74) is 0.0930. The van der Waals surface area contributed by atoms with Crippen molar-refractivity contribution in [3.8, 4) is 0 Å². The Morgan fingerprint density at radius 1 is 1.25 bits per heavy atom. The third-order valence-electron chi connectivity index (χ3n) is 1.59. The number of hydrogen-bond donors (Lipinski definition) is 0. The average molecular weight is 174 g/mol. The normalized spacial score (nSPS) is 11.8. The lowest BCUT2D eigenvalue weighted by Crippen LogP contribution is -2.09. The van der Waals surface area contributed by atoms with Crippen molar-refractivity contribution < 1.29 is 13.2 Å². The van der Waals surface area contributed by atoms with Crippen LogP contribution < -0.4 is 0 Å². The van der Waals surface area contributed by atoms with E-state index in [9.17, 15) is 13.2 Å². The molecule has 66 valence electrons. The molecular formula is C9H9F3. The molecule has 0 nitrogen and oxygen atoms in total. The van der Waals surface area contributed by atoms with Crippen LogP contribution in [0.25, 0.3) is 0 Å². The van der Waals surface area contributed by atoms with Gasteiger partial charge in [-0.25, -0.2) is 13.2 Å². The van der Waals surface area contributed by atoms with Gasteiger partial charge in [0, 0.05) is 6.92 Å². The monoisotopic (exact) mass is 174 g/mol. The molecule has 0 saturated heterocycles. The second-order valence-corrected chi connectivity index (χ2v) is 2.87. The van der Waals surface area contributed by atoms with E-state index in [1.807, 2.05) is 0 Å². The van der Waals surface area contributed by atoms with Gasteiger partial charge in [0.05, 0.1) is 5.56 Å². The highest BCUT2D eigenvalue weighted by molar-refractivity contribution is 5.27. The predicted octanol–water partition coefficient (Wildman–Crippen LogP) is 3.25. The van der Waals surface area contributed by atoms with Crippen molar-refractivity contribution in [1.82, 2.24) is 0 Å². The molecular weight excluding hydrogens is 165 g/mol. The molecule has 0 saturated carbocycles. The minimum absolute atomic E-state index is 0.539. The molecule has 0 N–H and O–H groups in total. The van der Waals surface area contributed by atoms with Gasteiger partial charge in [-0.3, -0.25) is 0 Å². The van der Waals surface area contributed by atoms with Gasteiger partial charge in [-0.2, -0.15) is 0 Å². The second kappa shape index (κ2) is 2.81. The summed E-state index contributed by atoms with van der Waals surface area (Å²) in [5.74, 6) is -3.95. The van der Waals surface area contributed by atoms with Gasteiger partial charge < -0.3 is 0 Å². The number of halogens is 3. The maximum atomic E-state index is 12.8.